The molecule has 0 aromatic rings. The minimum atomic E-state index is -3.54. The minimum absolute atomic E-state index is 0.0642. The molecule has 5 nitrogen and oxygen atoms in total. The van der Waals surface area contributed by atoms with Crippen LogP contribution in [-0.2, 0) is 14.8 Å². The maximum Gasteiger partial charge on any atom is 0.228 e. The van der Waals surface area contributed by atoms with Crippen LogP contribution in [0, 0.1) is 11.3 Å². The predicted molar refractivity (Wildman–Crippen MR) is 55.6 cm³/mol. The van der Waals surface area contributed by atoms with Gasteiger partial charge < -0.3 is 4.74 Å². The number of nitrogens with one attached hydrogen (secondary N) is 1. The van der Waals surface area contributed by atoms with E-state index in [0.29, 0.717) is 6.61 Å². The molecule has 1 rings (SSSR count). The second kappa shape index (κ2) is 4.92. The largest absolute Gasteiger partial charge is 0.377 e. The SMILES string of the molecule is CC(NS(=O)(=O)C(C)C#N)C1CCCO1. The Morgan fingerprint density at radius 2 is 2.20 bits per heavy atom. The number of hydrogen-bond acceptors (Lipinski definition) is 4. The molecule has 0 bridgehead atoms. The first-order valence-corrected chi connectivity index (χ1v) is 6.54. The third-order valence-electron chi connectivity index (χ3n) is 2.52. The van der Waals surface area contributed by atoms with E-state index in [1.165, 1.54) is 6.92 Å². The van der Waals surface area contributed by atoms with Crippen molar-refractivity contribution in [3.63, 3.8) is 0 Å². The monoisotopic (exact) mass is 232 g/mol. The summed E-state index contributed by atoms with van der Waals surface area (Å²) in [4.78, 5) is 0. The van der Waals surface area contributed by atoms with Gasteiger partial charge in [-0.05, 0) is 26.7 Å². The van der Waals surface area contributed by atoms with E-state index in [9.17, 15) is 8.42 Å². The molecule has 15 heavy (non-hydrogen) atoms. The number of rotatable bonds is 4. The molecule has 1 aliphatic heterocycles. The fourth-order valence-corrected chi connectivity index (χ4v) is 2.52. The zero-order valence-corrected chi connectivity index (χ0v) is 9.75. The van der Waals surface area contributed by atoms with Crippen LogP contribution in [0.1, 0.15) is 26.7 Å². The van der Waals surface area contributed by atoms with Gasteiger partial charge in [-0.1, -0.05) is 0 Å². The van der Waals surface area contributed by atoms with Gasteiger partial charge >= 0.3 is 0 Å². The van der Waals surface area contributed by atoms with Gasteiger partial charge in [0.05, 0.1) is 12.2 Å². The molecule has 0 amide bonds. The Morgan fingerprint density at radius 1 is 1.53 bits per heavy atom. The first-order valence-electron chi connectivity index (χ1n) is 4.99. The average Bonchev–Trinajstić information content (AvgIpc) is 2.68. The average molecular weight is 232 g/mol. The van der Waals surface area contributed by atoms with Crippen molar-refractivity contribution in [2.24, 2.45) is 0 Å². The van der Waals surface area contributed by atoms with Gasteiger partial charge in [0.1, 0.15) is 0 Å². The fourth-order valence-electron chi connectivity index (χ4n) is 1.50. The van der Waals surface area contributed by atoms with Gasteiger partial charge in [-0.3, -0.25) is 0 Å². The zero-order chi connectivity index (χ0) is 11.5. The second-order valence-corrected chi connectivity index (χ2v) is 5.81. The highest BCUT2D eigenvalue weighted by atomic mass is 32.2. The summed E-state index contributed by atoms with van der Waals surface area (Å²) in [6, 6.07) is 1.44. The molecule has 0 radical (unpaired) electrons. The molecule has 1 aliphatic rings. The van der Waals surface area contributed by atoms with Crippen LogP contribution in [0.4, 0.5) is 0 Å². The van der Waals surface area contributed by atoms with Gasteiger partial charge in [0.2, 0.25) is 10.0 Å². The summed E-state index contributed by atoms with van der Waals surface area (Å²) in [7, 11) is -3.54. The van der Waals surface area contributed by atoms with Gasteiger partial charge in [-0.25, -0.2) is 13.1 Å². The smallest absolute Gasteiger partial charge is 0.228 e. The fraction of sp³-hybridized carbons (Fsp3) is 0.889. The molecule has 1 fully saturated rings. The summed E-state index contributed by atoms with van der Waals surface area (Å²) >= 11 is 0. The highest BCUT2D eigenvalue weighted by Crippen LogP contribution is 2.16. The molecule has 3 unspecified atom stereocenters. The Balaban J connectivity index is 2.57. The number of nitriles is 1. The summed E-state index contributed by atoms with van der Waals surface area (Å²) in [5.74, 6) is 0. The van der Waals surface area contributed by atoms with Crippen LogP contribution in [0.3, 0.4) is 0 Å². The molecule has 6 heteroatoms. The molecular weight excluding hydrogens is 216 g/mol. The predicted octanol–water partition coefficient (Wildman–Crippen LogP) is 0.385. The molecule has 3 atom stereocenters. The lowest BCUT2D eigenvalue weighted by Crippen LogP contribution is -2.44. The molecule has 0 saturated carbocycles. The van der Waals surface area contributed by atoms with E-state index in [0.717, 1.165) is 12.8 Å². The van der Waals surface area contributed by atoms with E-state index < -0.39 is 15.3 Å². The third kappa shape index (κ3) is 3.16. The Hall–Kier alpha value is -0.640. The molecule has 0 aliphatic carbocycles. The van der Waals surface area contributed by atoms with Gasteiger partial charge in [-0.15, -0.1) is 0 Å². The van der Waals surface area contributed by atoms with Crippen molar-refractivity contribution in [2.75, 3.05) is 6.61 Å². The van der Waals surface area contributed by atoms with Crippen molar-refractivity contribution < 1.29 is 13.2 Å². The standard InChI is InChI=1S/C9H16N2O3S/c1-7(6-10)15(12,13)11-8(2)9-4-3-5-14-9/h7-9,11H,3-5H2,1-2H3. The first kappa shape index (κ1) is 12.4. The van der Waals surface area contributed by atoms with Crippen molar-refractivity contribution in [3.8, 4) is 6.07 Å². The number of hydrogen-bond donors (Lipinski definition) is 1. The van der Waals surface area contributed by atoms with Gasteiger partial charge in [-0.2, -0.15) is 5.26 Å². The maximum absolute atomic E-state index is 11.5. The van der Waals surface area contributed by atoms with Crippen LogP contribution in [0.25, 0.3) is 0 Å². The van der Waals surface area contributed by atoms with E-state index >= 15 is 0 Å². The number of sulfonamides is 1. The van der Waals surface area contributed by atoms with E-state index in [-0.39, 0.29) is 12.1 Å². The summed E-state index contributed by atoms with van der Waals surface area (Å²) in [6.07, 6.45) is 1.76. The summed E-state index contributed by atoms with van der Waals surface area (Å²) < 4.78 is 30.9. The van der Waals surface area contributed by atoms with Crippen LogP contribution in [-0.4, -0.2) is 32.4 Å². The third-order valence-corrected chi connectivity index (χ3v) is 4.26. The lowest BCUT2D eigenvalue weighted by Gasteiger charge is -2.20. The Kier molecular flexibility index (Phi) is 4.08. The molecule has 1 saturated heterocycles. The van der Waals surface area contributed by atoms with Gasteiger partial charge in [0, 0.05) is 12.6 Å². The Morgan fingerprint density at radius 3 is 2.67 bits per heavy atom. The molecular formula is C9H16N2O3S. The number of ether oxygens (including phenoxy) is 1. The lowest BCUT2D eigenvalue weighted by atomic mass is 10.1. The van der Waals surface area contributed by atoms with E-state index in [4.69, 9.17) is 10.00 Å². The Labute approximate surface area is 90.5 Å². The van der Waals surface area contributed by atoms with Gasteiger partial charge in [0.15, 0.2) is 5.25 Å². The molecule has 86 valence electrons. The van der Waals surface area contributed by atoms with Crippen LogP contribution in [0.15, 0.2) is 0 Å². The summed E-state index contributed by atoms with van der Waals surface area (Å²) in [5.41, 5.74) is 0. The van der Waals surface area contributed by atoms with Gasteiger partial charge in [0.25, 0.3) is 0 Å². The molecule has 1 N–H and O–H groups in total. The maximum atomic E-state index is 11.5. The van der Waals surface area contributed by atoms with Crippen molar-refractivity contribution in [1.29, 1.82) is 5.26 Å². The molecule has 0 aromatic heterocycles. The second-order valence-electron chi connectivity index (χ2n) is 3.77. The van der Waals surface area contributed by atoms with E-state index in [1.807, 2.05) is 0 Å². The molecule has 1 heterocycles. The lowest BCUT2D eigenvalue weighted by molar-refractivity contribution is 0.0902. The van der Waals surface area contributed by atoms with Crippen molar-refractivity contribution in [2.45, 2.75) is 44.1 Å². The minimum Gasteiger partial charge on any atom is -0.377 e. The van der Waals surface area contributed by atoms with Crippen molar-refractivity contribution in [1.82, 2.24) is 4.72 Å². The van der Waals surface area contributed by atoms with Crippen LogP contribution in [0.2, 0.25) is 0 Å². The van der Waals surface area contributed by atoms with Crippen LogP contribution >= 0.6 is 0 Å². The first-order chi connectivity index (χ1) is 6.97. The normalized spacial score (nSPS) is 25.8. The van der Waals surface area contributed by atoms with Crippen molar-refractivity contribution in [3.05, 3.63) is 0 Å². The van der Waals surface area contributed by atoms with Crippen molar-refractivity contribution >= 4 is 10.0 Å². The van der Waals surface area contributed by atoms with Crippen LogP contribution in [0.5, 0.6) is 0 Å². The molecule has 0 aromatic carbocycles. The molecule has 0 spiro atoms. The highest BCUT2D eigenvalue weighted by molar-refractivity contribution is 7.90. The zero-order valence-electron chi connectivity index (χ0n) is 8.93. The number of nitrogens with zero attached hydrogens (tertiary/aromatic N) is 1. The van der Waals surface area contributed by atoms with Crippen LogP contribution < -0.4 is 4.72 Å². The highest BCUT2D eigenvalue weighted by Gasteiger charge is 2.28. The quantitative estimate of drug-likeness (QED) is 0.760. The Bertz CT molecular complexity index is 341. The van der Waals surface area contributed by atoms with E-state index in [1.54, 1.807) is 13.0 Å². The van der Waals surface area contributed by atoms with E-state index in [2.05, 4.69) is 4.72 Å². The topological polar surface area (TPSA) is 79.2 Å². The summed E-state index contributed by atoms with van der Waals surface area (Å²) in [5, 5.41) is 7.52. The summed E-state index contributed by atoms with van der Waals surface area (Å²) in [6.45, 7) is 3.81.